The summed E-state index contributed by atoms with van der Waals surface area (Å²) in [4.78, 5) is 23.5. The second-order valence-electron chi connectivity index (χ2n) is 6.42. The molecule has 152 valence electrons. The molecule has 0 saturated carbocycles. The van der Waals surface area contributed by atoms with Crippen LogP contribution in [0.25, 0.3) is 5.69 Å². The monoisotopic (exact) mass is 402 g/mol. The molecular formula is C23H22N4O3. The van der Waals surface area contributed by atoms with E-state index in [0.29, 0.717) is 17.0 Å². The summed E-state index contributed by atoms with van der Waals surface area (Å²) >= 11 is 0. The number of aromatic nitrogens is 2. The average molecular weight is 402 g/mol. The van der Waals surface area contributed by atoms with Crippen molar-refractivity contribution < 1.29 is 14.3 Å². The van der Waals surface area contributed by atoms with Crippen molar-refractivity contribution in [2.75, 3.05) is 18.5 Å². The molecule has 2 amide bonds. The zero-order chi connectivity index (χ0) is 21.3. The molecule has 3 rings (SSSR count). The summed E-state index contributed by atoms with van der Waals surface area (Å²) in [6.07, 6.45) is 1.55. The van der Waals surface area contributed by atoms with Crippen molar-refractivity contribution in [2.24, 2.45) is 0 Å². The van der Waals surface area contributed by atoms with Gasteiger partial charge in [-0.3, -0.25) is 9.59 Å². The molecule has 1 aromatic heterocycles. The fraction of sp³-hybridized carbons (Fsp3) is 0.174. The summed E-state index contributed by atoms with van der Waals surface area (Å²) in [7, 11) is 0. The second-order valence-corrected chi connectivity index (χ2v) is 6.42. The summed E-state index contributed by atoms with van der Waals surface area (Å²) < 4.78 is 7.27. The normalized spacial score (nSPS) is 9.93. The zero-order valence-electron chi connectivity index (χ0n) is 16.8. The number of amides is 2. The van der Waals surface area contributed by atoms with Crippen LogP contribution in [0.4, 0.5) is 5.69 Å². The molecule has 0 atom stereocenters. The van der Waals surface area contributed by atoms with Gasteiger partial charge in [-0.2, -0.15) is 5.10 Å². The zero-order valence-corrected chi connectivity index (χ0v) is 16.8. The Hall–Kier alpha value is -4.05. The molecule has 3 aromatic rings. The molecule has 0 spiro atoms. The van der Waals surface area contributed by atoms with Gasteiger partial charge in [0.05, 0.1) is 29.7 Å². The van der Waals surface area contributed by atoms with Crippen molar-refractivity contribution in [3.05, 3.63) is 72.1 Å². The van der Waals surface area contributed by atoms with Crippen LogP contribution in [0.15, 0.2) is 60.8 Å². The smallest absolute Gasteiger partial charge is 0.255 e. The highest BCUT2D eigenvalue weighted by molar-refractivity contribution is 5.95. The standard InChI is InChI=1S/C23H22N4O3/c1-17-22(16-25-27(17)20-10-4-3-5-11-20)23(29)24-13-6-7-14-30-21-12-8-9-19(15-21)26-18(2)28/h3-5,8-12,15-16H,13-14H2,1-2H3,(H,24,29)(H,26,28). The molecule has 0 unspecified atom stereocenters. The van der Waals surface area contributed by atoms with Crippen molar-refractivity contribution >= 4 is 17.5 Å². The van der Waals surface area contributed by atoms with E-state index in [2.05, 4.69) is 27.6 Å². The Balaban J connectivity index is 1.49. The Morgan fingerprint density at radius 3 is 2.67 bits per heavy atom. The van der Waals surface area contributed by atoms with Crippen molar-refractivity contribution in [1.82, 2.24) is 15.1 Å². The van der Waals surface area contributed by atoms with E-state index in [1.54, 1.807) is 35.1 Å². The fourth-order valence-electron chi connectivity index (χ4n) is 2.78. The fourth-order valence-corrected chi connectivity index (χ4v) is 2.78. The van der Waals surface area contributed by atoms with E-state index in [0.717, 1.165) is 11.4 Å². The Bertz CT molecular complexity index is 1090. The van der Waals surface area contributed by atoms with Gasteiger partial charge >= 0.3 is 0 Å². The SMILES string of the molecule is CC(=O)Nc1cccc(OCC#CCNC(=O)c2cnn(-c3ccccc3)c2C)c1. The molecule has 0 radical (unpaired) electrons. The number of nitrogens with zero attached hydrogens (tertiary/aromatic N) is 2. The van der Waals surface area contributed by atoms with E-state index < -0.39 is 0 Å². The van der Waals surface area contributed by atoms with Crippen molar-refractivity contribution in [1.29, 1.82) is 0 Å². The van der Waals surface area contributed by atoms with Gasteiger partial charge in [0.1, 0.15) is 12.4 Å². The third-order valence-electron chi connectivity index (χ3n) is 4.18. The molecule has 2 aromatic carbocycles. The molecule has 7 nitrogen and oxygen atoms in total. The third kappa shape index (κ3) is 5.49. The lowest BCUT2D eigenvalue weighted by atomic mass is 10.2. The van der Waals surface area contributed by atoms with Crippen molar-refractivity contribution in [2.45, 2.75) is 13.8 Å². The number of benzene rings is 2. The summed E-state index contributed by atoms with van der Waals surface area (Å²) in [6.45, 7) is 3.67. The maximum Gasteiger partial charge on any atom is 0.255 e. The Labute approximate surface area is 175 Å². The number of carbonyl (C=O) groups excluding carboxylic acids is 2. The third-order valence-corrected chi connectivity index (χ3v) is 4.18. The summed E-state index contributed by atoms with van der Waals surface area (Å²) in [6, 6.07) is 16.7. The number of para-hydroxylation sites is 1. The van der Waals surface area contributed by atoms with E-state index >= 15 is 0 Å². The molecule has 0 fully saturated rings. The molecule has 0 aliphatic carbocycles. The largest absolute Gasteiger partial charge is 0.481 e. The van der Waals surface area contributed by atoms with Gasteiger partial charge in [0, 0.05) is 18.7 Å². The van der Waals surface area contributed by atoms with Gasteiger partial charge in [-0.1, -0.05) is 36.1 Å². The summed E-state index contributed by atoms with van der Waals surface area (Å²) in [5.74, 6) is 5.93. The van der Waals surface area contributed by atoms with E-state index in [1.165, 1.54) is 6.92 Å². The van der Waals surface area contributed by atoms with E-state index in [9.17, 15) is 9.59 Å². The number of carbonyl (C=O) groups is 2. The van der Waals surface area contributed by atoms with Crippen LogP contribution in [0.1, 0.15) is 23.0 Å². The minimum atomic E-state index is -0.229. The minimum Gasteiger partial charge on any atom is -0.481 e. The molecule has 0 bridgehead atoms. The first-order chi connectivity index (χ1) is 14.5. The van der Waals surface area contributed by atoms with E-state index in [4.69, 9.17) is 4.74 Å². The highest BCUT2D eigenvalue weighted by atomic mass is 16.5. The van der Waals surface area contributed by atoms with Crippen LogP contribution < -0.4 is 15.4 Å². The number of rotatable bonds is 6. The van der Waals surface area contributed by atoms with Gasteiger partial charge in [0.15, 0.2) is 0 Å². The summed E-state index contributed by atoms with van der Waals surface area (Å²) in [5.41, 5.74) is 2.82. The van der Waals surface area contributed by atoms with Gasteiger partial charge in [-0.15, -0.1) is 0 Å². The van der Waals surface area contributed by atoms with Crippen molar-refractivity contribution in [3.8, 4) is 23.3 Å². The average Bonchev–Trinajstić information content (AvgIpc) is 3.12. The quantitative estimate of drug-likeness (QED) is 0.621. The number of ether oxygens (including phenoxy) is 1. The van der Waals surface area contributed by atoms with Gasteiger partial charge in [0.2, 0.25) is 5.91 Å². The lowest BCUT2D eigenvalue weighted by Gasteiger charge is -2.06. The summed E-state index contributed by atoms with van der Waals surface area (Å²) in [5, 5.41) is 9.75. The first-order valence-electron chi connectivity index (χ1n) is 9.39. The second kappa shape index (κ2) is 9.94. The predicted octanol–water partition coefficient (Wildman–Crippen LogP) is 2.95. The van der Waals surface area contributed by atoms with Gasteiger partial charge in [-0.25, -0.2) is 4.68 Å². The van der Waals surface area contributed by atoms with Crippen LogP contribution in [0, 0.1) is 18.8 Å². The molecule has 0 aliphatic heterocycles. The van der Waals surface area contributed by atoms with Crippen LogP contribution in [0.2, 0.25) is 0 Å². The highest BCUT2D eigenvalue weighted by Crippen LogP contribution is 2.17. The van der Waals surface area contributed by atoms with Crippen LogP contribution in [0.5, 0.6) is 5.75 Å². The van der Waals surface area contributed by atoms with Crippen LogP contribution in [0.3, 0.4) is 0 Å². The molecule has 1 heterocycles. The Morgan fingerprint density at radius 1 is 1.10 bits per heavy atom. The molecule has 0 aliphatic rings. The molecule has 0 saturated heterocycles. The van der Waals surface area contributed by atoms with Gasteiger partial charge in [-0.05, 0) is 31.2 Å². The van der Waals surface area contributed by atoms with Gasteiger partial charge < -0.3 is 15.4 Å². The van der Waals surface area contributed by atoms with E-state index in [-0.39, 0.29) is 25.0 Å². The first kappa shape index (κ1) is 20.7. The molecule has 2 N–H and O–H groups in total. The van der Waals surface area contributed by atoms with Crippen molar-refractivity contribution in [3.63, 3.8) is 0 Å². The predicted molar refractivity (Wildman–Crippen MR) is 115 cm³/mol. The topological polar surface area (TPSA) is 85.2 Å². The van der Waals surface area contributed by atoms with E-state index in [1.807, 2.05) is 37.3 Å². The number of nitrogens with one attached hydrogen (secondary N) is 2. The number of hydrogen-bond donors (Lipinski definition) is 2. The Kier molecular flexibility index (Phi) is 6.85. The van der Waals surface area contributed by atoms with Crippen LogP contribution in [-0.4, -0.2) is 34.7 Å². The number of hydrogen-bond acceptors (Lipinski definition) is 4. The van der Waals surface area contributed by atoms with Crippen LogP contribution in [-0.2, 0) is 4.79 Å². The molecule has 7 heteroatoms. The maximum atomic E-state index is 12.4. The Morgan fingerprint density at radius 2 is 1.90 bits per heavy atom. The highest BCUT2D eigenvalue weighted by Gasteiger charge is 2.14. The minimum absolute atomic E-state index is 0.146. The molecular weight excluding hydrogens is 380 g/mol. The first-order valence-corrected chi connectivity index (χ1v) is 9.39. The van der Waals surface area contributed by atoms with Crippen LogP contribution >= 0.6 is 0 Å². The lowest BCUT2D eigenvalue weighted by molar-refractivity contribution is -0.114. The maximum absolute atomic E-state index is 12.4. The lowest BCUT2D eigenvalue weighted by Crippen LogP contribution is -2.24. The molecule has 30 heavy (non-hydrogen) atoms. The number of anilines is 1. The van der Waals surface area contributed by atoms with Gasteiger partial charge in [0.25, 0.3) is 5.91 Å².